The number of methoxy groups -OCH3 is 1. The first-order valence-corrected chi connectivity index (χ1v) is 8.61. The number of ketones is 1. The largest absolute Gasteiger partial charge is 0.464 e. The number of ether oxygens (including phenoxy) is 1. The molecular formula is C20H23FN2O4. The average Bonchev–Trinajstić information content (AvgIpc) is 2.95. The second-order valence-corrected chi connectivity index (χ2v) is 6.25. The van der Waals surface area contributed by atoms with Crippen molar-refractivity contribution in [3.63, 3.8) is 0 Å². The van der Waals surface area contributed by atoms with E-state index in [0.717, 1.165) is 0 Å². The van der Waals surface area contributed by atoms with Crippen molar-refractivity contribution in [1.29, 1.82) is 0 Å². The van der Waals surface area contributed by atoms with Gasteiger partial charge in [-0.3, -0.25) is 9.59 Å². The third kappa shape index (κ3) is 3.92. The van der Waals surface area contributed by atoms with E-state index in [-0.39, 0.29) is 17.4 Å². The number of benzene rings is 1. The molecule has 0 radical (unpaired) electrons. The van der Waals surface area contributed by atoms with Gasteiger partial charge in [0, 0.05) is 23.4 Å². The molecule has 0 saturated carbocycles. The molecule has 1 aromatic carbocycles. The summed E-state index contributed by atoms with van der Waals surface area (Å²) >= 11 is 0. The molecule has 1 N–H and O–H groups in total. The minimum Gasteiger partial charge on any atom is -0.464 e. The maximum Gasteiger partial charge on any atom is 0.354 e. The van der Waals surface area contributed by atoms with Crippen molar-refractivity contribution in [2.45, 2.75) is 33.7 Å². The lowest BCUT2D eigenvalue weighted by molar-refractivity contribution is 0.0593. The molecular weight excluding hydrogens is 351 g/mol. The topological polar surface area (TPSA) is 79.5 Å². The fourth-order valence-electron chi connectivity index (χ4n) is 3.13. The molecule has 27 heavy (non-hydrogen) atoms. The zero-order valence-corrected chi connectivity index (χ0v) is 16.1. The van der Waals surface area contributed by atoms with Gasteiger partial charge in [0.15, 0.2) is 5.78 Å². The molecule has 0 saturated heterocycles. The minimum atomic E-state index is -0.758. The Morgan fingerprint density at radius 1 is 1.19 bits per heavy atom. The summed E-state index contributed by atoms with van der Waals surface area (Å²) in [5.41, 5.74) is 1.92. The van der Waals surface area contributed by atoms with Crippen LogP contribution in [0.25, 0.3) is 0 Å². The number of nitrogens with one attached hydrogen (secondary N) is 1. The number of nitrogens with zero attached hydrogens (tertiary/aromatic N) is 1. The maximum atomic E-state index is 13.1. The van der Waals surface area contributed by atoms with Gasteiger partial charge in [-0.1, -0.05) is 0 Å². The highest BCUT2D eigenvalue weighted by atomic mass is 19.1. The summed E-state index contributed by atoms with van der Waals surface area (Å²) in [5, 5.41) is 0. The quantitative estimate of drug-likeness (QED) is 0.622. The summed E-state index contributed by atoms with van der Waals surface area (Å²) in [6.45, 7) is 7.06. The zero-order chi connectivity index (χ0) is 20.3. The number of aryl methyl sites for hydroxylation is 1. The molecule has 0 aliphatic carbocycles. The van der Waals surface area contributed by atoms with Crippen LogP contribution in [0.4, 0.5) is 4.39 Å². The molecule has 0 spiro atoms. The van der Waals surface area contributed by atoms with Gasteiger partial charge in [-0.25, -0.2) is 9.18 Å². The van der Waals surface area contributed by atoms with E-state index in [4.69, 9.17) is 4.74 Å². The van der Waals surface area contributed by atoms with Gasteiger partial charge in [0.05, 0.1) is 13.2 Å². The molecule has 1 aromatic heterocycles. The van der Waals surface area contributed by atoms with Gasteiger partial charge in [0.2, 0.25) is 0 Å². The van der Waals surface area contributed by atoms with Crippen LogP contribution in [-0.4, -0.2) is 47.2 Å². The van der Waals surface area contributed by atoms with Crippen LogP contribution in [0.1, 0.15) is 56.3 Å². The number of Topliss-reactive ketones (excluding diaryl/α,β-unsaturated/α-hetero) is 1. The molecule has 2 aromatic rings. The second kappa shape index (κ2) is 8.16. The van der Waals surface area contributed by atoms with Crippen LogP contribution < -0.4 is 0 Å². The van der Waals surface area contributed by atoms with Gasteiger partial charge >= 0.3 is 5.97 Å². The van der Waals surface area contributed by atoms with E-state index in [0.29, 0.717) is 28.9 Å². The van der Waals surface area contributed by atoms with Crippen LogP contribution in [0, 0.1) is 19.7 Å². The molecule has 7 heteroatoms. The Bertz CT molecular complexity index is 871. The van der Waals surface area contributed by atoms with Crippen molar-refractivity contribution in [2.24, 2.45) is 0 Å². The number of halogens is 1. The van der Waals surface area contributed by atoms with E-state index in [1.165, 1.54) is 36.3 Å². The van der Waals surface area contributed by atoms with E-state index in [9.17, 15) is 18.8 Å². The van der Waals surface area contributed by atoms with Gasteiger partial charge < -0.3 is 14.6 Å². The highest BCUT2D eigenvalue weighted by Gasteiger charge is 2.30. The van der Waals surface area contributed by atoms with Gasteiger partial charge in [0.25, 0.3) is 5.91 Å². The van der Waals surface area contributed by atoms with Crippen LogP contribution in [0.5, 0.6) is 0 Å². The first-order chi connectivity index (χ1) is 12.7. The monoisotopic (exact) mass is 374 g/mol. The number of hydrogen-bond acceptors (Lipinski definition) is 4. The summed E-state index contributed by atoms with van der Waals surface area (Å²) < 4.78 is 17.8. The SMILES string of the molecule is CCN(C(=O)c1ccc(F)cc1)[C@H](C)C(=O)c1c(C)[nH]c(C(=O)OC)c1C. The summed E-state index contributed by atoms with van der Waals surface area (Å²) in [7, 11) is 1.27. The molecule has 0 aliphatic rings. The molecule has 1 amide bonds. The van der Waals surface area contributed by atoms with Gasteiger partial charge in [-0.05, 0) is 57.5 Å². The summed E-state index contributed by atoms with van der Waals surface area (Å²) in [6, 6.07) is 4.43. The lowest BCUT2D eigenvalue weighted by Gasteiger charge is -2.27. The molecule has 0 aliphatic heterocycles. The highest BCUT2D eigenvalue weighted by molar-refractivity contribution is 6.07. The van der Waals surface area contributed by atoms with E-state index < -0.39 is 17.8 Å². The highest BCUT2D eigenvalue weighted by Crippen LogP contribution is 2.22. The molecule has 0 fully saturated rings. The normalized spacial score (nSPS) is 11.8. The smallest absolute Gasteiger partial charge is 0.354 e. The Labute approximate surface area is 157 Å². The Kier molecular flexibility index (Phi) is 6.15. The van der Waals surface area contributed by atoms with Crippen molar-refractivity contribution in [3.8, 4) is 0 Å². The molecule has 6 nitrogen and oxygen atoms in total. The lowest BCUT2D eigenvalue weighted by Crippen LogP contribution is -2.43. The van der Waals surface area contributed by atoms with E-state index in [1.807, 2.05) is 0 Å². The number of carbonyl (C=O) groups excluding carboxylic acids is 3. The third-order valence-corrected chi connectivity index (χ3v) is 4.61. The van der Waals surface area contributed by atoms with Crippen LogP contribution >= 0.6 is 0 Å². The van der Waals surface area contributed by atoms with Crippen LogP contribution in [0.2, 0.25) is 0 Å². The number of likely N-dealkylation sites (N-methyl/N-ethyl adjacent to an activating group) is 1. The summed E-state index contributed by atoms with van der Waals surface area (Å²) in [6.07, 6.45) is 0. The predicted molar refractivity (Wildman–Crippen MR) is 98.5 cm³/mol. The second-order valence-electron chi connectivity index (χ2n) is 6.25. The summed E-state index contributed by atoms with van der Waals surface area (Å²) in [5.74, 6) is -1.64. The molecule has 0 unspecified atom stereocenters. The average molecular weight is 374 g/mol. The number of aromatic nitrogens is 1. The first-order valence-electron chi connectivity index (χ1n) is 8.61. The third-order valence-electron chi connectivity index (χ3n) is 4.61. The van der Waals surface area contributed by atoms with Crippen molar-refractivity contribution < 1.29 is 23.5 Å². The van der Waals surface area contributed by atoms with E-state index in [2.05, 4.69) is 4.98 Å². The fourth-order valence-corrected chi connectivity index (χ4v) is 3.13. The number of esters is 1. The number of hydrogen-bond donors (Lipinski definition) is 1. The number of amides is 1. The van der Waals surface area contributed by atoms with Crippen molar-refractivity contribution in [2.75, 3.05) is 13.7 Å². The summed E-state index contributed by atoms with van der Waals surface area (Å²) in [4.78, 5) is 42.0. The first kappa shape index (κ1) is 20.4. The van der Waals surface area contributed by atoms with Crippen molar-refractivity contribution >= 4 is 17.7 Å². The predicted octanol–water partition coefficient (Wildman–Crippen LogP) is 3.29. The van der Waals surface area contributed by atoms with Gasteiger partial charge in [0.1, 0.15) is 11.5 Å². The van der Waals surface area contributed by atoms with Crippen LogP contribution in [-0.2, 0) is 4.74 Å². The molecule has 1 atom stereocenters. The van der Waals surface area contributed by atoms with Gasteiger partial charge in [-0.15, -0.1) is 0 Å². The van der Waals surface area contributed by atoms with Crippen LogP contribution in [0.3, 0.4) is 0 Å². The zero-order valence-electron chi connectivity index (χ0n) is 16.1. The Hall–Kier alpha value is -2.96. The molecule has 2 rings (SSSR count). The van der Waals surface area contributed by atoms with E-state index in [1.54, 1.807) is 27.7 Å². The molecule has 0 bridgehead atoms. The Balaban J connectivity index is 2.34. The minimum absolute atomic E-state index is 0.221. The van der Waals surface area contributed by atoms with Crippen molar-refractivity contribution in [1.82, 2.24) is 9.88 Å². The number of aromatic amines is 1. The Morgan fingerprint density at radius 3 is 2.30 bits per heavy atom. The lowest BCUT2D eigenvalue weighted by atomic mass is 9.99. The number of H-pyrrole nitrogens is 1. The van der Waals surface area contributed by atoms with Crippen molar-refractivity contribution in [3.05, 3.63) is 58.2 Å². The Morgan fingerprint density at radius 2 is 1.78 bits per heavy atom. The van der Waals surface area contributed by atoms with Crippen LogP contribution in [0.15, 0.2) is 24.3 Å². The fraction of sp³-hybridized carbons (Fsp3) is 0.350. The molecule has 144 valence electrons. The molecule has 1 heterocycles. The van der Waals surface area contributed by atoms with E-state index >= 15 is 0 Å². The maximum absolute atomic E-state index is 13.1. The number of rotatable bonds is 6. The van der Waals surface area contributed by atoms with Gasteiger partial charge in [-0.2, -0.15) is 0 Å². The standard InChI is InChI=1S/C20H23FN2O4/c1-6-23(19(25)14-7-9-15(21)10-8-14)13(4)18(24)16-11(2)17(20(26)27-5)22-12(16)3/h7-10,13,22H,6H2,1-5H3/t13-/m1/s1. The number of carbonyl (C=O) groups is 3.